The first-order valence-electron chi connectivity index (χ1n) is 5.65. The second-order valence-electron chi connectivity index (χ2n) is 3.94. The largest absolute Gasteiger partial charge is 0.398 e. The maximum Gasteiger partial charge on any atom is 0.257 e. The molecule has 0 aromatic heterocycles. The minimum absolute atomic E-state index is 0.214. The minimum atomic E-state index is -0.214. The van der Waals surface area contributed by atoms with E-state index in [1.165, 1.54) is 0 Å². The molecule has 92 valence electrons. The van der Waals surface area contributed by atoms with E-state index in [0.29, 0.717) is 17.8 Å². The Bertz CT molecular complexity index is 549. The second-order valence-corrected chi connectivity index (χ2v) is 3.94. The number of nitrogens with one attached hydrogen (secondary N) is 1. The highest BCUT2D eigenvalue weighted by atomic mass is 16.1. The van der Waals surface area contributed by atoms with Gasteiger partial charge in [0.05, 0.1) is 5.56 Å². The van der Waals surface area contributed by atoms with Gasteiger partial charge in [0.1, 0.15) is 0 Å². The summed E-state index contributed by atoms with van der Waals surface area (Å²) < 4.78 is 0. The van der Waals surface area contributed by atoms with Gasteiger partial charge < -0.3 is 16.8 Å². The third-order valence-electron chi connectivity index (χ3n) is 2.65. The standard InChI is InChI=1S/C14H15N3O/c15-9-10-5-7-11(8-6-10)17-14(18)12-3-1-2-4-13(12)16/h1-8H,9,15-16H2,(H,17,18). The van der Waals surface area contributed by atoms with Gasteiger partial charge in [0.25, 0.3) is 5.91 Å². The molecule has 0 radical (unpaired) electrons. The molecule has 2 aromatic rings. The molecule has 0 fully saturated rings. The lowest BCUT2D eigenvalue weighted by Gasteiger charge is -2.07. The van der Waals surface area contributed by atoms with E-state index in [1.54, 1.807) is 24.3 Å². The molecule has 1 amide bonds. The molecular weight excluding hydrogens is 226 g/mol. The molecule has 0 atom stereocenters. The van der Waals surface area contributed by atoms with Crippen molar-refractivity contribution in [1.29, 1.82) is 0 Å². The average Bonchev–Trinajstić information content (AvgIpc) is 2.40. The SMILES string of the molecule is NCc1ccc(NC(=O)c2ccccc2N)cc1. The molecule has 0 aliphatic rings. The zero-order valence-corrected chi connectivity index (χ0v) is 9.89. The Labute approximate surface area is 106 Å². The molecule has 0 spiro atoms. The number of carbonyl (C=O) groups is 1. The molecule has 0 saturated carbocycles. The van der Waals surface area contributed by atoms with Crippen LogP contribution in [0.1, 0.15) is 15.9 Å². The summed E-state index contributed by atoms with van der Waals surface area (Å²) >= 11 is 0. The molecule has 0 aliphatic carbocycles. The Kier molecular flexibility index (Phi) is 3.60. The third-order valence-corrected chi connectivity index (χ3v) is 2.65. The Balaban J connectivity index is 2.14. The maximum atomic E-state index is 12.0. The number of anilines is 2. The van der Waals surface area contributed by atoms with Gasteiger partial charge in [-0.1, -0.05) is 24.3 Å². The molecule has 0 saturated heterocycles. The molecule has 2 rings (SSSR count). The third kappa shape index (κ3) is 2.67. The molecule has 4 heteroatoms. The summed E-state index contributed by atoms with van der Waals surface area (Å²) in [6.45, 7) is 0.486. The lowest BCUT2D eigenvalue weighted by molar-refractivity contribution is 0.102. The summed E-state index contributed by atoms with van der Waals surface area (Å²) in [5, 5.41) is 2.79. The van der Waals surface area contributed by atoms with Crippen molar-refractivity contribution in [3.8, 4) is 0 Å². The first-order chi connectivity index (χ1) is 8.70. The van der Waals surface area contributed by atoms with E-state index in [0.717, 1.165) is 11.3 Å². The summed E-state index contributed by atoms with van der Waals surface area (Å²) in [5.41, 5.74) is 13.9. The van der Waals surface area contributed by atoms with Crippen molar-refractivity contribution in [2.45, 2.75) is 6.54 Å². The number of amides is 1. The summed E-state index contributed by atoms with van der Waals surface area (Å²) in [6.07, 6.45) is 0. The van der Waals surface area contributed by atoms with E-state index < -0.39 is 0 Å². The molecule has 4 nitrogen and oxygen atoms in total. The van der Waals surface area contributed by atoms with Crippen molar-refractivity contribution in [3.63, 3.8) is 0 Å². The van der Waals surface area contributed by atoms with Crippen LogP contribution in [-0.2, 0) is 6.54 Å². The van der Waals surface area contributed by atoms with Gasteiger partial charge in [-0.15, -0.1) is 0 Å². The zero-order chi connectivity index (χ0) is 13.0. The Morgan fingerprint density at radius 1 is 1.06 bits per heavy atom. The smallest absolute Gasteiger partial charge is 0.257 e. The number of benzene rings is 2. The molecule has 0 aliphatic heterocycles. The van der Waals surface area contributed by atoms with Gasteiger partial charge in [0.15, 0.2) is 0 Å². The normalized spacial score (nSPS) is 10.1. The van der Waals surface area contributed by atoms with Crippen LogP contribution in [0, 0.1) is 0 Å². The van der Waals surface area contributed by atoms with Crippen molar-refractivity contribution in [1.82, 2.24) is 0 Å². The topological polar surface area (TPSA) is 81.1 Å². The van der Waals surface area contributed by atoms with Crippen LogP contribution in [0.4, 0.5) is 11.4 Å². The summed E-state index contributed by atoms with van der Waals surface area (Å²) in [7, 11) is 0. The first kappa shape index (κ1) is 12.1. The van der Waals surface area contributed by atoms with E-state index >= 15 is 0 Å². The van der Waals surface area contributed by atoms with Crippen LogP contribution in [0.5, 0.6) is 0 Å². The van der Waals surface area contributed by atoms with E-state index in [-0.39, 0.29) is 5.91 Å². The van der Waals surface area contributed by atoms with Gasteiger partial charge in [0.2, 0.25) is 0 Å². The highest BCUT2D eigenvalue weighted by Crippen LogP contribution is 2.14. The summed E-state index contributed by atoms with van der Waals surface area (Å²) in [6, 6.07) is 14.4. The molecule has 0 heterocycles. The number of hydrogen-bond acceptors (Lipinski definition) is 3. The van der Waals surface area contributed by atoms with Gasteiger partial charge in [-0.25, -0.2) is 0 Å². The van der Waals surface area contributed by atoms with Gasteiger partial charge in [0, 0.05) is 17.9 Å². The van der Waals surface area contributed by atoms with Crippen molar-refractivity contribution >= 4 is 17.3 Å². The van der Waals surface area contributed by atoms with Crippen LogP contribution in [0.25, 0.3) is 0 Å². The summed E-state index contributed by atoms with van der Waals surface area (Å²) in [4.78, 5) is 12.0. The maximum absolute atomic E-state index is 12.0. The van der Waals surface area contributed by atoms with Gasteiger partial charge in [-0.2, -0.15) is 0 Å². The van der Waals surface area contributed by atoms with Crippen LogP contribution in [0.2, 0.25) is 0 Å². The van der Waals surface area contributed by atoms with E-state index in [2.05, 4.69) is 5.32 Å². The van der Waals surface area contributed by atoms with Crippen molar-refractivity contribution in [2.75, 3.05) is 11.1 Å². The second kappa shape index (κ2) is 5.33. The van der Waals surface area contributed by atoms with Crippen LogP contribution in [-0.4, -0.2) is 5.91 Å². The Morgan fingerprint density at radius 3 is 2.33 bits per heavy atom. The van der Waals surface area contributed by atoms with E-state index in [4.69, 9.17) is 11.5 Å². The van der Waals surface area contributed by atoms with Gasteiger partial charge in [-0.05, 0) is 29.8 Å². The van der Waals surface area contributed by atoms with Crippen molar-refractivity contribution in [2.24, 2.45) is 5.73 Å². The molecule has 18 heavy (non-hydrogen) atoms. The zero-order valence-electron chi connectivity index (χ0n) is 9.89. The predicted octanol–water partition coefficient (Wildman–Crippen LogP) is 1.98. The monoisotopic (exact) mass is 241 g/mol. The lowest BCUT2D eigenvalue weighted by atomic mass is 10.1. The first-order valence-corrected chi connectivity index (χ1v) is 5.65. The van der Waals surface area contributed by atoms with Crippen LogP contribution in [0.3, 0.4) is 0 Å². The predicted molar refractivity (Wildman–Crippen MR) is 73.1 cm³/mol. The molecule has 5 N–H and O–H groups in total. The molecule has 2 aromatic carbocycles. The number of nitrogen functional groups attached to an aromatic ring is 1. The van der Waals surface area contributed by atoms with Gasteiger partial charge >= 0.3 is 0 Å². The number of para-hydroxylation sites is 1. The van der Waals surface area contributed by atoms with Crippen LogP contribution < -0.4 is 16.8 Å². The van der Waals surface area contributed by atoms with E-state index in [1.807, 2.05) is 24.3 Å². The average molecular weight is 241 g/mol. The van der Waals surface area contributed by atoms with Crippen LogP contribution in [0.15, 0.2) is 48.5 Å². The quantitative estimate of drug-likeness (QED) is 0.719. The highest BCUT2D eigenvalue weighted by Gasteiger charge is 2.08. The number of rotatable bonds is 3. The van der Waals surface area contributed by atoms with Crippen molar-refractivity contribution < 1.29 is 4.79 Å². The van der Waals surface area contributed by atoms with Crippen LogP contribution >= 0.6 is 0 Å². The molecule has 0 bridgehead atoms. The fourth-order valence-electron chi connectivity index (χ4n) is 1.63. The van der Waals surface area contributed by atoms with Crippen molar-refractivity contribution in [3.05, 3.63) is 59.7 Å². The number of nitrogens with two attached hydrogens (primary N) is 2. The molecular formula is C14H15N3O. The Hall–Kier alpha value is -2.33. The molecule has 0 unspecified atom stereocenters. The fourth-order valence-corrected chi connectivity index (χ4v) is 1.63. The number of hydrogen-bond donors (Lipinski definition) is 3. The lowest BCUT2D eigenvalue weighted by Crippen LogP contribution is -2.13. The number of carbonyl (C=O) groups excluding carboxylic acids is 1. The summed E-state index contributed by atoms with van der Waals surface area (Å²) in [5.74, 6) is -0.214. The highest BCUT2D eigenvalue weighted by molar-refractivity contribution is 6.07. The van der Waals surface area contributed by atoms with E-state index in [9.17, 15) is 4.79 Å². The van der Waals surface area contributed by atoms with Gasteiger partial charge in [-0.3, -0.25) is 4.79 Å². The minimum Gasteiger partial charge on any atom is -0.398 e. The fraction of sp³-hybridized carbons (Fsp3) is 0.0714. The Morgan fingerprint density at radius 2 is 1.72 bits per heavy atom.